The van der Waals surface area contributed by atoms with E-state index in [0.717, 1.165) is 12.8 Å². The first kappa shape index (κ1) is 14.4. The number of nitrogens with one attached hydrogen (secondary N) is 1. The Balaban J connectivity index is 2.19. The molecule has 0 aromatic carbocycles. The van der Waals surface area contributed by atoms with Crippen LogP contribution in [-0.4, -0.2) is 40.8 Å². The normalized spacial score (nSPS) is 18.0. The molecule has 0 aliphatic carbocycles. The minimum atomic E-state index is -0.518. The van der Waals surface area contributed by atoms with Gasteiger partial charge >= 0.3 is 5.69 Å². The van der Waals surface area contributed by atoms with Gasteiger partial charge in [-0.3, -0.25) is 10.1 Å². The van der Waals surface area contributed by atoms with Gasteiger partial charge in [-0.05, 0) is 26.7 Å². The molecule has 1 unspecified atom stereocenters. The maximum Gasteiger partial charge on any atom is 0.352 e. The van der Waals surface area contributed by atoms with Crippen LogP contribution in [0, 0.1) is 17.0 Å². The smallest absolute Gasteiger partial charge is 0.352 e. The number of hydrogen-bond donors (Lipinski definition) is 1. The average Bonchev–Trinajstić information content (AvgIpc) is 2.88. The summed E-state index contributed by atoms with van der Waals surface area (Å²) in [6.07, 6.45) is 1.87. The van der Waals surface area contributed by atoms with Crippen LogP contribution >= 0.6 is 0 Å². The molecule has 1 N–H and O–H groups in total. The van der Waals surface area contributed by atoms with E-state index in [4.69, 9.17) is 9.47 Å². The largest absolute Gasteiger partial charge is 0.470 e. The van der Waals surface area contributed by atoms with Crippen molar-refractivity contribution < 1.29 is 14.4 Å². The highest BCUT2D eigenvalue weighted by Crippen LogP contribution is 2.29. The molecule has 1 aromatic heterocycles. The molecule has 8 nitrogen and oxygen atoms in total. The highest BCUT2D eigenvalue weighted by molar-refractivity contribution is 5.48. The van der Waals surface area contributed by atoms with Crippen molar-refractivity contribution in [1.82, 2.24) is 9.97 Å². The summed E-state index contributed by atoms with van der Waals surface area (Å²) in [5, 5.41) is 14.0. The number of anilines is 1. The van der Waals surface area contributed by atoms with Crippen LogP contribution < -0.4 is 10.1 Å². The Morgan fingerprint density at radius 1 is 1.55 bits per heavy atom. The first-order valence-electron chi connectivity index (χ1n) is 6.63. The number of nitrogens with zero attached hydrogens (tertiary/aromatic N) is 3. The van der Waals surface area contributed by atoms with Gasteiger partial charge in [0.2, 0.25) is 5.95 Å². The van der Waals surface area contributed by atoms with E-state index in [-0.39, 0.29) is 30.0 Å². The van der Waals surface area contributed by atoms with Crippen molar-refractivity contribution in [2.75, 3.05) is 25.1 Å². The fourth-order valence-corrected chi connectivity index (χ4v) is 2.04. The molecule has 1 aliphatic heterocycles. The molecule has 1 saturated heterocycles. The Labute approximate surface area is 116 Å². The SMILES string of the molecule is CCNc1nc(C)c([N+](=O)[O-])c(OCC2CCCO2)n1. The van der Waals surface area contributed by atoms with Crippen molar-refractivity contribution in [2.24, 2.45) is 0 Å². The molecule has 110 valence electrons. The molecule has 0 amide bonds. The molecule has 1 aromatic rings. The Bertz CT molecular complexity index is 489. The third kappa shape index (κ3) is 3.32. The van der Waals surface area contributed by atoms with E-state index in [1.165, 1.54) is 0 Å². The van der Waals surface area contributed by atoms with E-state index in [2.05, 4.69) is 15.3 Å². The van der Waals surface area contributed by atoms with Crippen LogP contribution in [0.2, 0.25) is 0 Å². The zero-order valence-corrected chi connectivity index (χ0v) is 11.6. The summed E-state index contributed by atoms with van der Waals surface area (Å²) in [6.45, 7) is 5.07. The van der Waals surface area contributed by atoms with E-state index < -0.39 is 4.92 Å². The van der Waals surface area contributed by atoms with Gasteiger partial charge in [-0.15, -0.1) is 0 Å². The van der Waals surface area contributed by atoms with E-state index in [1.807, 2.05) is 6.92 Å². The molecule has 1 atom stereocenters. The van der Waals surface area contributed by atoms with Crippen LogP contribution in [0.15, 0.2) is 0 Å². The summed E-state index contributed by atoms with van der Waals surface area (Å²) in [4.78, 5) is 18.7. The van der Waals surface area contributed by atoms with Gasteiger partial charge < -0.3 is 14.8 Å². The van der Waals surface area contributed by atoms with Gasteiger partial charge in [0.15, 0.2) is 0 Å². The van der Waals surface area contributed by atoms with Crippen molar-refractivity contribution in [3.8, 4) is 5.88 Å². The van der Waals surface area contributed by atoms with E-state index in [9.17, 15) is 10.1 Å². The van der Waals surface area contributed by atoms with Gasteiger partial charge in [0.1, 0.15) is 12.3 Å². The average molecular weight is 282 g/mol. The fourth-order valence-electron chi connectivity index (χ4n) is 2.04. The lowest BCUT2D eigenvalue weighted by Gasteiger charge is -2.12. The Morgan fingerprint density at radius 2 is 2.35 bits per heavy atom. The van der Waals surface area contributed by atoms with Crippen molar-refractivity contribution in [3.63, 3.8) is 0 Å². The third-order valence-electron chi connectivity index (χ3n) is 2.97. The summed E-state index contributed by atoms with van der Waals surface area (Å²) < 4.78 is 10.9. The quantitative estimate of drug-likeness (QED) is 0.626. The summed E-state index contributed by atoms with van der Waals surface area (Å²) >= 11 is 0. The van der Waals surface area contributed by atoms with Crippen LogP contribution in [0.5, 0.6) is 5.88 Å². The fraction of sp³-hybridized carbons (Fsp3) is 0.667. The molecule has 0 saturated carbocycles. The molecule has 20 heavy (non-hydrogen) atoms. The Kier molecular flexibility index (Phi) is 4.67. The first-order chi connectivity index (χ1) is 9.61. The van der Waals surface area contributed by atoms with Gasteiger partial charge in [-0.1, -0.05) is 0 Å². The highest BCUT2D eigenvalue weighted by atomic mass is 16.6. The second kappa shape index (κ2) is 6.47. The predicted molar refractivity (Wildman–Crippen MR) is 72.1 cm³/mol. The Hall–Kier alpha value is -1.96. The lowest BCUT2D eigenvalue weighted by atomic mass is 10.2. The lowest BCUT2D eigenvalue weighted by Crippen LogP contribution is -2.18. The number of aromatic nitrogens is 2. The van der Waals surface area contributed by atoms with E-state index >= 15 is 0 Å². The highest BCUT2D eigenvalue weighted by Gasteiger charge is 2.25. The molecular weight excluding hydrogens is 264 g/mol. The summed E-state index contributed by atoms with van der Waals surface area (Å²) in [5.74, 6) is 0.326. The van der Waals surface area contributed by atoms with Gasteiger partial charge in [-0.25, -0.2) is 4.98 Å². The molecule has 1 fully saturated rings. The first-order valence-corrected chi connectivity index (χ1v) is 6.63. The second-order valence-corrected chi connectivity index (χ2v) is 4.52. The lowest BCUT2D eigenvalue weighted by molar-refractivity contribution is -0.387. The van der Waals surface area contributed by atoms with Crippen molar-refractivity contribution in [3.05, 3.63) is 15.8 Å². The van der Waals surface area contributed by atoms with Crippen LogP contribution in [0.3, 0.4) is 0 Å². The molecule has 8 heteroatoms. The zero-order valence-electron chi connectivity index (χ0n) is 11.6. The van der Waals surface area contributed by atoms with Crippen molar-refractivity contribution >= 4 is 11.6 Å². The molecule has 1 aliphatic rings. The van der Waals surface area contributed by atoms with E-state index in [0.29, 0.717) is 19.1 Å². The monoisotopic (exact) mass is 282 g/mol. The number of hydrogen-bond acceptors (Lipinski definition) is 7. The van der Waals surface area contributed by atoms with Gasteiger partial charge in [0.05, 0.1) is 11.0 Å². The predicted octanol–water partition coefficient (Wildman–Crippen LogP) is 1.68. The minimum absolute atomic E-state index is 0.00560. The number of aryl methyl sites for hydroxylation is 1. The van der Waals surface area contributed by atoms with Crippen molar-refractivity contribution in [1.29, 1.82) is 0 Å². The number of rotatable bonds is 6. The number of ether oxygens (including phenoxy) is 2. The van der Waals surface area contributed by atoms with Gasteiger partial charge in [0.25, 0.3) is 5.88 Å². The van der Waals surface area contributed by atoms with E-state index in [1.54, 1.807) is 6.92 Å². The molecule has 0 bridgehead atoms. The molecule has 0 radical (unpaired) electrons. The maximum absolute atomic E-state index is 11.1. The van der Waals surface area contributed by atoms with Crippen molar-refractivity contribution in [2.45, 2.75) is 32.8 Å². The Morgan fingerprint density at radius 3 is 2.95 bits per heavy atom. The number of nitro groups is 1. The summed E-state index contributed by atoms with van der Waals surface area (Å²) in [5.41, 5.74) is 0.0907. The third-order valence-corrected chi connectivity index (χ3v) is 2.97. The molecule has 2 rings (SSSR count). The van der Waals surface area contributed by atoms with Crippen LogP contribution in [-0.2, 0) is 4.74 Å². The van der Waals surface area contributed by atoms with Gasteiger partial charge in [-0.2, -0.15) is 4.98 Å². The zero-order chi connectivity index (χ0) is 14.5. The van der Waals surface area contributed by atoms with Crippen LogP contribution in [0.4, 0.5) is 11.6 Å². The maximum atomic E-state index is 11.1. The second-order valence-electron chi connectivity index (χ2n) is 4.52. The summed E-state index contributed by atoms with van der Waals surface area (Å²) in [7, 11) is 0. The van der Waals surface area contributed by atoms with Crippen LogP contribution in [0.1, 0.15) is 25.5 Å². The van der Waals surface area contributed by atoms with Crippen LogP contribution in [0.25, 0.3) is 0 Å². The summed E-state index contributed by atoms with van der Waals surface area (Å²) in [6, 6.07) is 0. The minimum Gasteiger partial charge on any atom is -0.470 e. The molecule has 2 heterocycles. The van der Waals surface area contributed by atoms with Gasteiger partial charge in [0, 0.05) is 13.2 Å². The standard InChI is InChI=1S/C12H18N4O4/c1-3-13-12-14-8(2)10(16(17)18)11(15-12)20-7-9-5-4-6-19-9/h9H,3-7H2,1-2H3,(H,13,14,15). The topological polar surface area (TPSA) is 99.4 Å². The molecular formula is C12H18N4O4. The molecule has 0 spiro atoms.